The van der Waals surface area contributed by atoms with Gasteiger partial charge in [-0.15, -0.1) is 0 Å². The maximum absolute atomic E-state index is 11.7. The number of carbonyl (C=O) groups is 2. The van der Waals surface area contributed by atoms with E-state index in [9.17, 15) is 9.59 Å². The Bertz CT molecular complexity index is 624. The van der Waals surface area contributed by atoms with Gasteiger partial charge in [0, 0.05) is 24.9 Å². The molecule has 1 aromatic rings. The molecule has 104 valence electrons. The number of benzene rings is 1. The van der Waals surface area contributed by atoms with E-state index >= 15 is 0 Å². The average molecular weight is 273 g/mol. The van der Waals surface area contributed by atoms with E-state index in [0.717, 1.165) is 17.0 Å². The van der Waals surface area contributed by atoms with E-state index in [1.165, 1.54) is 0 Å². The van der Waals surface area contributed by atoms with Crippen LogP contribution < -0.4 is 15.1 Å². The monoisotopic (exact) mass is 273 g/mol. The van der Waals surface area contributed by atoms with Crippen LogP contribution in [0.3, 0.4) is 0 Å². The van der Waals surface area contributed by atoms with Crippen LogP contribution in [0.5, 0.6) is 5.75 Å². The number of anilines is 1. The normalized spacial score (nSPS) is 21.8. The first kappa shape index (κ1) is 12.7. The van der Waals surface area contributed by atoms with Crippen molar-refractivity contribution in [1.82, 2.24) is 5.43 Å². The highest BCUT2D eigenvalue weighted by molar-refractivity contribution is 6.07. The Kier molecular flexibility index (Phi) is 2.93. The minimum absolute atomic E-state index is 0.0484. The van der Waals surface area contributed by atoms with Gasteiger partial charge in [-0.1, -0.05) is 6.92 Å². The van der Waals surface area contributed by atoms with Gasteiger partial charge in [0.15, 0.2) is 6.61 Å². The molecule has 20 heavy (non-hydrogen) atoms. The van der Waals surface area contributed by atoms with Crippen LogP contribution in [-0.4, -0.2) is 31.2 Å². The molecule has 0 saturated heterocycles. The van der Waals surface area contributed by atoms with Gasteiger partial charge < -0.3 is 9.64 Å². The van der Waals surface area contributed by atoms with Crippen LogP contribution in [0.1, 0.15) is 18.9 Å². The number of hydrazone groups is 1. The molecular formula is C14H15N3O3. The van der Waals surface area contributed by atoms with Crippen molar-refractivity contribution in [2.45, 2.75) is 13.3 Å². The Hall–Kier alpha value is -2.37. The fourth-order valence-corrected chi connectivity index (χ4v) is 2.43. The standard InChI is InChI=1S/C14H15N3O3/c1-8-5-12(18)15-16-14(8)9-3-4-11-10(6-9)17(2)13(19)7-20-11/h3-4,6,8H,5,7H2,1-2H3,(H,15,18). The van der Waals surface area contributed by atoms with E-state index in [-0.39, 0.29) is 24.3 Å². The summed E-state index contributed by atoms with van der Waals surface area (Å²) in [6.07, 6.45) is 0.418. The molecule has 1 aromatic carbocycles. The molecule has 1 unspecified atom stereocenters. The van der Waals surface area contributed by atoms with Crippen molar-refractivity contribution in [3.63, 3.8) is 0 Å². The molecule has 0 aromatic heterocycles. The summed E-state index contributed by atoms with van der Waals surface area (Å²) in [4.78, 5) is 24.5. The summed E-state index contributed by atoms with van der Waals surface area (Å²) in [7, 11) is 1.72. The number of carbonyl (C=O) groups excluding carboxylic acids is 2. The van der Waals surface area contributed by atoms with Gasteiger partial charge in [0.05, 0.1) is 11.4 Å². The van der Waals surface area contributed by atoms with Gasteiger partial charge in [0.25, 0.3) is 5.91 Å². The Morgan fingerprint density at radius 3 is 2.95 bits per heavy atom. The minimum atomic E-state index is -0.0819. The van der Waals surface area contributed by atoms with Gasteiger partial charge in [-0.25, -0.2) is 5.43 Å². The Balaban J connectivity index is 2.00. The third kappa shape index (κ3) is 2.03. The first-order valence-electron chi connectivity index (χ1n) is 6.46. The SMILES string of the molecule is CC1CC(=O)NN=C1c1ccc2c(c1)N(C)C(=O)CO2. The van der Waals surface area contributed by atoms with Crippen LogP contribution in [0.4, 0.5) is 5.69 Å². The smallest absolute Gasteiger partial charge is 0.264 e. The molecule has 2 amide bonds. The van der Waals surface area contributed by atoms with E-state index in [1.807, 2.05) is 25.1 Å². The summed E-state index contributed by atoms with van der Waals surface area (Å²) in [5, 5.41) is 4.13. The molecule has 0 bridgehead atoms. The van der Waals surface area contributed by atoms with E-state index < -0.39 is 0 Å². The number of nitrogens with zero attached hydrogens (tertiary/aromatic N) is 2. The van der Waals surface area contributed by atoms with Gasteiger partial charge in [0.2, 0.25) is 5.91 Å². The molecule has 0 fully saturated rings. The van der Waals surface area contributed by atoms with Crippen molar-refractivity contribution in [2.75, 3.05) is 18.6 Å². The van der Waals surface area contributed by atoms with Crippen molar-refractivity contribution in [1.29, 1.82) is 0 Å². The first-order chi connectivity index (χ1) is 9.56. The number of fused-ring (bicyclic) bond motifs is 1. The molecule has 2 heterocycles. The molecule has 0 saturated carbocycles. The first-order valence-corrected chi connectivity index (χ1v) is 6.46. The number of nitrogens with one attached hydrogen (secondary N) is 1. The van der Waals surface area contributed by atoms with Crippen molar-refractivity contribution >= 4 is 23.2 Å². The molecule has 3 rings (SSSR count). The summed E-state index contributed by atoms with van der Waals surface area (Å²) in [6, 6.07) is 5.60. The Labute approximate surface area is 116 Å². The third-order valence-electron chi connectivity index (χ3n) is 3.60. The molecule has 2 aliphatic heterocycles. The highest BCUT2D eigenvalue weighted by atomic mass is 16.5. The quantitative estimate of drug-likeness (QED) is 0.826. The lowest BCUT2D eigenvalue weighted by atomic mass is 9.93. The second-order valence-corrected chi connectivity index (χ2v) is 5.06. The highest BCUT2D eigenvalue weighted by Gasteiger charge is 2.26. The van der Waals surface area contributed by atoms with Crippen molar-refractivity contribution < 1.29 is 14.3 Å². The van der Waals surface area contributed by atoms with Crippen molar-refractivity contribution in [3.05, 3.63) is 23.8 Å². The zero-order chi connectivity index (χ0) is 14.3. The predicted molar refractivity (Wildman–Crippen MR) is 73.8 cm³/mol. The van der Waals surface area contributed by atoms with E-state index in [1.54, 1.807) is 11.9 Å². The topological polar surface area (TPSA) is 71.0 Å². The van der Waals surface area contributed by atoms with Gasteiger partial charge >= 0.3 is 0 Å². The van der Waals surface area contributed by atoms with Crippen LogP contribution in [0, 0.1) is 5.92 Å². The minimum Gasteiger partial charge on any atom is -0.482 e. The lowest BCUT2D eigenvalue weighted by Crippen LogP contribution is -2.36. The maximum Gasteiger partial charge on any atom is 0.264 e. The second-order valence-electron chi connectivity index (χ2n) is 5.06. The Morgan fingerprint density at radius 2 is 2.20 bits per heavy atom. The number of hydrogen-bond donors (Lipinski definition) is 1. The largest absolute Gasteiger partial charge is 0.482 e. The summed E-state index contributed by atoms with van der Waals surface area (Å²) in [6.45, 7) is 2.03. The summed E-state index contributed by atoms with van der Waals surface area (Å²) in [5.74, 6) is 0.577. The number of hydrogen-bond acceptors (Lipinski definition) is 4. The maximum atomic E-state index is 11.7. The molecular weight excluding hydrogens is 258 g/mol. The number of likely N-dealkylation sites (N-methyl/N-ethyl adjacent to an activating group) is 1. The van der Waals surface area contributed by atoms with Crippen LogP contribution in [0.25, 0.3) is 0 Å². The fraction of sp³-hybridized carbons (Fsp3) is 0.357. The van der Waals surface area contributed by atoms with Crippen LogP contribution in [-0.2, 0) is 9.59 Å². The van der Waals surface area contributed by atoms with Gasteiger partial charge in [-0.2, -0.15) is 5.10 Å². The van der Waals surface area contributed by atoms with E-state index in [4.69, 9.17) is 4.74 Å². The molecule has 6 nitrogen and oxygen atoms in total. The van der Waals surface area contributed by atoms with E-state index in [2.05, 4.69) is 10.5 Å². The van der Waals surface area contributed by atoms with Gasteiger partial charge in [-0.3, -0.25) is 9.59 Å². The van der Waals surface area contributed by atoms with Crippen molar-refractivity contribution in [3.8, 4) is 5.75 Å². The third-order valence-corrected chi connectivity index (χ3v) is 3.60. The van der Waals surface area contributed by atoms with E-state index in [0.29, 0.717) is 12.2 Å². The van der Waals surface area contributed by atoms with Gasteiger partial charge in [0.1, 0.15) is 5.75 Å². The van der Waals surface area contributed by atoms with Crippen LogP contribution in [0.2, 0.25) is 0 Å². The highest BCUT2D eigenvalue weighted by Crippen LogP contribution is 2.33. The average Bonchev–Trinajstić information content (AvgIpc) is 2.43. The van der Waals surface area contributed by atoms with Crippen LogP contribution >= 0.6 is 0 Å². The molecule has 1 atom stereocenters. The van der Waals surface area contributed by atoms with Gasteiger partial charge in [-0.05, 0) is 18.2 Å². The van der Waals surface area contributed by atoms with Crippen molar-refractivity contribution in [2.24, 2.45) is 11.0 Å². The lowest BCUT2D eigenvalue weighted by Gasteiger charge is -2.27. The Morgan fingerprint density at radius 1 is 1.40 bits per heavy atom. The molecule has 1 N–H and O–H groups in total. The number of ether oxygens (including phenoxy) is 1. The zero-order valence-corrected chi connectivity index (χ0v) is 11.3. The lowest BCUT2D eigenvalue weighted by molar-refractivity contribution is -0.122. The van der Waals surface area contributed by atoms with Crippen LogP contribution in [0.15, 0.2) is 23.3 Å². The fourth-order valence-electron chi connectivity index (χ4n) is 2.43. The summed E-state index contributed by atoms with van der Waals surface area (Å²) >= 11 is 0. The zero-order valence-electron chi connectivity index (χ0n) is 11.3. The number of amides is 2. The second kappa shape index (κ2) is 4.63. The summed E-state index contributed by atoms with van der Waals surface area (Å²) in [5.41, 5.74) is 4.93. The molecule has 0 spiro atoms. The summed E-state index contributed by atoms with van der Waals surface area (Å²) < 4.78 is 5.39. The molecule has 0 radical (unpaired) electrons. The predicted octanol–water partition coefficient (Wildman–Crippen LogP) is 0.902. The molecule has 6 heteroatoms. The molecule has 0 aliphatic carbocycles. The number of rotatable bonds is 1. The molecule has 2 aliphatic rings.